The number of hydrogen-bond acceptors (Lipinski definition) is 3. The van der Waals surface area contributed by atoms with Crippen LogP contribution in [0, 0.1) is 12.8 Å². The molecule has 0 spiro atoms. The summed E-state index contributed by atoms with van der Waals surface area (Å²) in [6.07, 6.45) is 2.20. The van der Waals surface area contributed by atoms with Gasteiger partial charge in [0.1, 0.15) is 0 Å². The molecule has 1 aromatic rings. The highest BCUT2D eigenvalue weighted by Gasteiger charge is 2.22. The van der Waals surface area contributed by atoms with Crippen molar-refractivity contribution < 1.29 is 4.74 Å². The lowest BCUT2D eigenvalue weighted by molar-refractivity contribution is 0.161. The van der Waals surface area contributed by atoms with Crippen molar-refractivity contribution in [3.63, 3.8) is 0 Å². The van der Waals surface area contributed by atoms with E-state index in [4.69, 9.17) is 10.5 Å². The van der Waals surface area contributed by atoms with E-state index in [0.717, 1.165) is 32.7 Å². The van der Waals surface area contributed by atoms with Crippen molar-refractivity contribution in [3.8, 4) is 0 Å². The number of anilines is 1. The average Bonchev–Trinajstić information content (AvgIpc) is 2.81. The minimum Gasteiger partial charge on any atom is -0.384 e. The molecule has 1 aliphatic rings. The van der Waals surface area contributed by atoms with Gasteiger partial charge in [-0.2, -0.15) is 0 Å². The van der Waals surface area contributed by atoms with Crippen LogP contribution in [0.5, 0.6) is 0 Å². The van der Waals surface area contributed by atoms with Crippen molar-refractivity contribution in [2.75, 3.05) is 38.3 Å². The fraction of sp³-hybridized carbons (Fsp3) is 0.600. The number of aryl methyl sites for hydroxylation is 1. The minimum atomic E-state index is 0.680. The third kappa shape index (κ3) is 3.03. The normalized spacial score (nSPS) is 19.5. The van der Waals surface area contributed by atoms with Crippen molar-refractivity contribution in [2.45, 2.75) is 19.8 Å². The Morgan fingerprint density at radius 3 is 2.94 bits per heavy atom. The van der Waals surface area contributed by atoms with Crippen LogP contribution in [-0.2, 0) is 11.2 Å². The summed E-state index contributed by atoms with van der Waals surface area (Å²) in [5, 5.41) is 0. The number of nitrogens with zero attached hydrogens (tertiary/aromatic N) is 1. The average molecular weight is 248 g/mol. The van der Waals surface area contributed by atoms with Crippen LogP contribution < -0.4 is 10.6 Å². The highest BCUT2D eigenvalue weighted by molar-refractivity contribution is 5.51. The maximum absolute atomic E-state index is 5.62. The first-order valence-electron chi connectivity index (χ1n) is 6.78. The molecule has 1 saturated heterocycles. The molecule has 2 N–H and O–H groups in total. The molecule has 0 amide bonds. The molecule has 0 aromatic heterocycles. The summed E-state index contributed by atoms with van der Waals surface area (Å²) in [6, 6.07) is 6.74. The molecule has 0 bridgehead atoms. The molecular formula is C15H24N2O. The van der Waals surface area contributed by atoms with Crippen molar-refractivity contribution in [3.05, 3.63) is 29.3 Å². The first-order chi connectivity index (χ1) is 8.74. The Labute approximate surface area is 110 Å². The highest BCUT2D eigenvalue weighted by Crippen LogP contribution is 2.26. The zero-order chi connectivity index (χ0) is 13.0. The SMILES string of the molecule is COCC1CCN(c2ccc(CCN)c(C)c2)C1. The molecule has 1 heterocycles. The van der Waals surface area contributed by atoms with Crippen LogP contribution in [0.1, 0.15) is 17.5 Å². The summed E-state index contributed by atoms with van der Waals surface area (Å²) in [4.78, 5) is 2.46. The number of benzene rings is 1. The standard InChI is InChI=1S/C15H24N2O/c1-12-9-15(4-3-14(12)5-7-16)17-8-6-13(10-17)11-18-2/h3-4,9,13H,5-8,10-11,16H2,1-2H3. The van der Waals surface area contributed by atoms with Crippen molar-refractivity contribution in [2.24, 2.45) is 11.7 Å². The van der Waals surface area contributed by atoms with Gasteiger partial charge in [0.2, 0.25) is 0 Å². The lowest BCUT2D eigenvalue weighted by Gasteiger charge is -2.20. The monoisotopic (exact) mass is 248 g/mol. The number of rotatable bonds is 5. The second-order valence-corrected chi connectivity index (χ2v) is 5.21. The van der Waals surface area contributed by atoms with Gasteiger partial charge < -0.3 is 15.4 Å². The predicted octanol–water partition coefficient (Wildman–Crippen LogP) is 1.97. The van der Waals surface area contributed by atoms with E-state index in [9.17, 15) is 0 Å². The maximum atomic E-state index is 5.62. The predicted molar refractivity (Wildman–Crippen MR) is 76.1 cm³/mol. The van der Waals surface area contributed by atoms with Gasteiger partial charge in [-0.15, -0.1) is 0 Å². The van der Waals surface area contributed by atoms with Crippen LogP contribution in [0.3, 0.4) is 0 Å². The number of hydrogen-bond donors (Lipinski definition) is 1. The van der Waals surface area contributed by atoms with Crippen molar-refractivity contribution >= 4 is 5.69 Å². The van der Waals surface area contributed by atoms with Gasteiger partial charge in [0.15, 0.2) is 0 Å². The topological polar surface area (TPSA) is 38.5 Å². The third-order valence-corrected chi connectivity index (χ3v) is 3.79. The fourth-order valence-corrected chi connectivity index (χ4v) is 2.75. The molecule has 0 radical (unpaired) electrons. The molecule has 18 heavy (non-hydrogen) atoms. The van der Waals surface area contributed by atoms with Gasteiger partial charge >= 0.3 is 0 Å². The molecule has 1 unspecified atom stereocenters. The molecule has 3 heteroatoms. The lowest BCUT2D eigenvalue weighted by atomic mass is 10.0. The van der Waals surface area contributed by atoms with Gasteiger partial charge in [-0.1, -0.05) is 6.07 Å². The summed E-state index contributed by atoms with van der Waals surface area (Å²) in [5.41, 5.74) is 9.68. The molecule has 1 atom stereocenters. The summed E-state index contributed by atoms with van der Waals surface area (Å²) in [6.45, 7) is 6.03. The third-order valence-electron chi connectivity index (χ3n) is 3.79. The van der Waals surface area contributed by atoms with Crippen molar-refractivity contribution in [1.29, 1.82) is 0 Å². The second kappa shape index (κ2) is 6.21. The Morgan fingerprint density at radius 1 is 1.44 bits per heavy atom. The Balaban J connectivity index is 2.04. The van der Waals surface area contributed by atoms with E-state index in [1.165, 1.54) is 23.2 Å². The van der Waals surface area contributed by atoms with Gasteiger partial charge in [0.05, 0.1) is 6.61 Å². The van der Waals surface area contributed by atoms with Crippen LogP contribution in [0.2, 0.25) is 0 Å². The van der Waals surface area contributed by atoms with E-state index >= 15 is 0 Å². The van der Waals surface area contributed by atoms with Gasteiger partial charge in [-0.3, -0.25) is 0 Å². The van der Waals surface area contributed by atoms with E-state index in [-0.39, 0.29) is 0 Å². The largest absolute Gasteiger partial charge is 0.384 e. The fourth-order valence-electron chi connectivity index (χ4n) is 2.75. The Hall–Kier alpha value is -1.06. The van der Waals surface area contributed by atoms with Crippen LogP contribution in [-0.4, -0.2) is 33.4 Å². The molecule has 0 saturated carbocycles. The van der Waals surface area contributed by atoms with Gasteiger partial charge in [-0.25, -0.2) is 0 Å². The molecule has 0 aliphatic carbocycles. The van der Waals surface area contributed by atoms with Crippen LogP contribution in [0.4, 0.5) is 5.69 Å². The lowest BCUT2D eigenvalue weighted by Crippen LogP contribution is -2.21. The van der Waals surface area contributed by atoms with E-state index < -0.39 is 0 Å². The minimum absolute atomic E-state index is 0.680. The summed E-state index contributed by atoms with van der Waals surface area (Å²) in [7, 11) is 1.79. The summed E-state index contributed by atoms with van der Waals surface area (Å²) >= 11 is 0. The van der Waals surface area contributed by atoms with Gasteiger partial charge in [0, 0.05) is 31.8 Å². The Bertz CT molecular complexity index is 392. The first-order valence-corrected chi connectivity index (χ1v) is 6.78. The number of nitrogens with two attached hydrogens (primary N) is 1. The van der Waals surface area contributed by atoms with E-state index in [0.29, 0.717) is 5.92 Å². The van der Waals surface area contributed by atoms with Crippen LogP contribution >= 0.6 is 0 Å². The molecule has 100 valence electrons. The first kappa shape index (κ1) is 13.4. The quantitative estimate of drug-likeness (QED) is 0.866. The van der Waals surface area contributed by atoms with Crippen LogP contribution in [0.15, 0.2) is 18.2 Å². The van der Waals surface area contributed by atoms with E-state index in [1.807, 2.05) is 0 Å². The van der Waals surface area contributed by atoms with Gasteiger partial charge in [0.25, 0.3) is 0 Å². The molecule has 2 rings (SSSR count). The zero-order valence-electron chi connectivity index (χ0n) is 11.5. The van der Waals surface area contributed by atoms with E-state index in [1.54, 1.807) is 7.11 Å². The molecule has 1 aliphatic heterocycles. The molecular weight excluding hydrogens is 224 g/mol. The molecule has 3 nitrogen and oxygen atoms in total. The molecule has 1 aromatic carbocycles. The highest BCUT2D eigenvalue weighted by atomic mass is 16.5. The maximum Gasteiger partial charge on any atom is 0.0508 e. The number of ether oxygens (including phenoxy) is 1. The Kier molecular flexibility index (Phi) is 4.61. The summed E-state index contributed by atoms with van der Waals surface area (Å²) in [5.74, 6) is 0.680. The second-order valence-electron chi connectivity index (χ2n) is 5.21. The van der Waals surface area contributed by atoms with Gasteiger partial charge in [-0.05, 0) is 49.6 Å². The summed E-state index contributed by atoms with van der Waals surface area (Å²) < 4.78 is 5.24. The van der Waals surface area contributed by atoms with Crippen molar-refractivity contribution in [1.82, 2.24) is 0 Å². The number of methoxy groups -OCH3 is 1. The Morgan fingerprint density at radius 2 is 2.28 bits per heavy atom. The molecule has 1 fully saturated rings. The zero-order valence-corrected chi connectivity index (χ0v) is 11.5. The smallest absolute Gasteiger partial charge is 0.0508 e. The van der Waals surface area contributed by atoms with Crippen LogP contribution in [0.25, 0.3) is 0 Å². The van der Waals surface area contributed by atoms with E-state index in [2.05, 4.69) is 30.0 Å².